The van der Waals surface area contributed by atoms with Gasteiger partial charge in [0.1, 0.15) is 0 Å². The van der Waals surface area contributed by atoms with Crippen LogP contribution in [0, 0.1) is 6.92 Å². The maximum Gasteiger partial charge on any atom is 0.258 e. The molecule has 0 unspecified atom stereocenters. The number of rotatable bonds is 8. The number of para-hydroxylation sites is 1. The Morgan fingerprint density at radius 3 is 2.11 bits per heavy atom. The number of benzene rings is 3. The Morgan fingerprint density at radius 1 is 0.857 bits per heavy atom. The summed E-state index contributed by atoms with van der Waals surface area (Å²) >= 11 is 0. The molecule has 6 heteroatoms. The van der Waals surface area contributed by atoms with Crippen molar-refractivity contribution in [1.29, 1.82) is 0 Å². The van der Waals surface area contributed by atoms with E-state index in [0.29, 0.717) is 17.2 Å². The van der Waals surface area contributed by atoms with Gasteiger partial charge in [-0.05, 0) is 50.1 Å². The van der Waals surface area contributed by atoms with Gasteiger partial charge in [0.15, 0.2) is 11.5 Å². The zero-order valence-electron chi connectivity index (χ0n) is 21.0. The number of methoxy groups -OCH3 is 3. The quantitative estimate of drug-likeness (QED) is 0.442. The summed E-state index contributed by atoms with van der Waals surface area (Å²) in [7, 11) is 4.90. The zero-order chi connectivity index (χ0) is 24.8. The minimum Gasteiger partial charge on any atom is -0.493 e. The molecule has 1 fully saturated rings. The fourth-order valence-corrected chi connectivity index (χ4v) is 4.78. The van der Waals surface area contributed by atoms with Gasteiger partial charge in [-0.25, -0.2) is 0 Å². The number of ether oxygens (including phenoxy) is 3. The van der Waals surface area contributed by atoms with Gasteiger partial charge in [-0.3, -0.25) is 9.69 Å². The average Bonchev–Trinajstić information content (AvgIpc) is 2.90. The Hall–Kier alpha value is -3.51. The molecule has 184 valence electrons. The number of nitrogens with zero attached hydrogens (tertiary/aromatic N) is 2. The van der Waals surface area contributed by atoms with Crippen LogP contribution < -0.4 is 19.1 Å². The fraction of sp³-hybridized carbons (Fsp3) is 0.345. The molecule has 0 aromatic heterocycles. The van der Waals surface area contributed by atoms with Crippen molar-refractivity contribution in [2.75, 3.05) is 39.3 Å². The molecule has 1 saturated heterocycles. The van der Waals surface area contributed by atoms with Crippen LogP contribution in [0.5, 0.6) is 17.2 Å². The third-order valence-corrected chi connectivity index (χ3v) is 6.65. The molecule has 0 atom stereocenters. The van der Waals surface area contributed by atoms with E-state index in [-0.39, 0.29) is 11.9 Å². The van der Waals surface area contributed by atoms with Gasteiger partial charge in [0, 0.05) is 42.5 Å². The molecule has 1 amide bonds. The minimum absolute atomic E-state index is 0.0520. The van der Waals surface area contributed by atoms with E-state index in [2.05, 4.69) is 4.90 Å². The Labute approximate surface area is 208 Å². The van der Waals surface area contributed by atoms with Crippen molar-refractivity contribution in [2.45, 2.75) is 32.4 Å². The summed E-state index contributed by atoms with van der Waals surface area (Å²) in [5.41, 5.74) is 3.86. The van der Waals surface area contributed by atoms with Crippen LogP contribution in [0.2, 0.25) is 0 Å². The number of aryl methyl sites for hydroxylation is 1. The average molecular weight is 475 g/mol. The molecule has 0 spiro atoms. The van der Waals surface area contributed by atoms with Gasteiger partial charge < -0.3 is 19.1 Å². The molecule has 6 nitrogen and oxygen atoms in total. The SMILES string of the molecule is COc1ccc(CN2CCC(N(C(=O)c3ccc(C)cc3)c3ccccc3)CC2)c(OC)c1OC. The Morgan fingerprint density at radius 2 is 1.51 bits per heavy atom. The molecule has 1 aliphatic rings. The van der Waals surface area contributed by atoms with E-state index < -0.39 is 0 Å². The highest BCUT2D eigenvalue weighted by atomic mass is 16.5. The normalized spacial score (nSPS) is 14.4. The fourth-order valence-electron chi connectivity index (χ4n) is 4.78. The molecule has 0 bridgehead atoms. The van der Waals surface area contributed by atoms with Crippen LogP contribution in [0.15, 0.2) is 66.7 Å². The molecular formula is C29H34N2O4. The number of carbonyl (C=O) groups excluding carboxylic acids is 1. The first-order valence-corrected chi connectivity index (χ1v) is 12.0. The predicted molar refractivity (Wildman–Crippen MR) is 139 cm³/mol. The van der Waals surface area contributed by atoms with E-state index in [1.54, 1.807) is 21.3 Å². The van der Waals surface area contributed by atoms with Crippen LogP contribution in [-0.4, -0.2) is 51.3 Å². The van der Waals surface area contributed by atoms with E-state index >= 15 is 0 Å². The van der Waals surface area contributed by atoms with E-state index in [9.17, 15) is 4.79 Å². The topological polar surface area (TPSA) is 51.2 Å². The number of amides is 1. The summed E-state index contributed by atoms with van der Waals surface area (Å²) in [6, 6.07) is 21.9. The molecule has 0 N–H and O–H groups in total. The van der Waals surface area contributed by atoms with Gasteiger partial charge in [-0.2, -0.15) is 0 Å². The van der Waals surface area contributed by atoms with Crippen molar-refractivity contribution in [1.82, 2.24) is 4.90 Å². The molecule has 1 aliphatic heterocycles. The van der Waals surface area contributed by atoms with Crippen LogP contribution in [0.25, 0.3) is 0 Å². The van der Waals surface area contributed by atoms with Crippen molar-refractivity contribution < 1.29 is 19.0 Å². The monoisotopic (exact) mass is 474 g/mol. The summed E-state index contributed by atoms with van der Waals surface area (Å²) in [5.74, 6) is 2.02. The number of hydrogen-bond donors (Lipinski definition) is 0. The standard InChI is InChI=1S/C29H34N2O4/c1-21-10-12-22(13-11-21)29(32)31(24-8-6-5-7-9-24)25-16-18-30(19-17-25)20-23-14-15-26(33-2)28(35-4)27(23)34-3/h5-15,25H,16-20H2,1-4H3. The first kappa shape index (κ1) is 24.6. The Bertz CT molecular complexity index is 1120. The highest BCUT2D eigenvalue weighted by Gasteiger charge is 2.30. The van der Waals surface area contributed by atoms with Crippen molar-refractivity contribution >= 4 is 11.6 Å². The van der Waals surface area contributed by atoms with Crippen LogP contribution >= 0.6 is 0 Å². The third-order valence-electron chi connectivity index (χ3n) is 6.65. The van der Waals surface area contributed by atoms with Crippen molar-refractivity contribution in [2.24, 2.45) is 0 Å². The number of hydrogen-bond acceptors (Lipinski definition) is 5. The minimum atomic E-state index is 0.0520. The number of carbonyl (C=O) groups is 1. The van der Waals surface area contributed by atoms with Gasteiger partial charge in [-0.15, -0.1) is 0 Å². The smallest absolute Gasteiger partial charge is 0.258 e. The van der Waals surface area contributed by atoms with Gasteiger partial charge >= 0.3 is 0 Å². The van der Waals surface area contributed by atoms with E-state index in [1.807, 2.05) is 78.6 Å². The summed E-state index contributed by atoms with van der Waals surface area (Å²) in [6.07, 6.45) is 1.78. The maximum atomic E-state index is 13.6. The van der Waals surface area contributed by atoms with Crippen molar-refractivity contribution in [3.63, 3.8) is 0 Å². The molecule has 0 aliphatic carbocycles. The van der Waals surface area contributed by atoms with Gasteiger partial charge in [-0.1, -0.05) is 42.0 Å². The predicted octanol–water partition coefficient (Wildman–Crippen LogP) is 5.33. The Kier molecular flexibility index (Phi) is 7.93. The molecule has 0 saturated carbocycles. The first-order valence-electron chi connectivity index (χ1n) is 12.0. The Balaban J connectivity index is 1.50. The molecule has 3 aromatic carbocycles. The second-order valence-corrected chi connectivity index (χ2v) is 8.88. The lowest BCUT2D eigenvalue weighted by Gasteiger charge is -2.39. The molecule has 1 heterocycles. The van der Waals surface area contributed by atoms with E-state index in [1.165, 1.54) is 0 Å². The largest absolute Gasteiger partial charge is 0.493 e. The molecule has 4 rings (SSSR count). The summed E-state index contributed by atoms with van der Waals surface area (Å²) in [6.45, 7) is 4.54. The first-order chi connectivity index (χ1) is 17.0. The van der Waals surface area contributed by atoms with Crippen molar-refractivity contribution in [3.8, 4) is 17.2 Å². The van der Waals surface area contributed by atoms with Crippen molar-refractivity contribution in [3.05, 3.63) is 83.4 Å². The van der Waals surface area contributed by atoms with Gasteiger partial charge in [0.2, 0.25) is 5.75 Å². The second kappa shape index (κ2) is 11.3. The molecule has 35 heavy (non-hydrogen) atoms. The van der Waals surface area contributed by atoms with Gasteiger partial charge in [0.05, 0.1) is 21.3 Å². The highest BCUT2D eigenvalue weighted by molar-refractivity contribution is 6.06. The highest BCUT2D eigenvalue weighted by Crippen LogP contribution is 2.40. The van der Waals surface area contributed by atoms with Crippen LogP contribution in [0.3, 0.4) is 0 Å². The third kappa shape index (κ3) is 5.43. The summed E-state index contributed by atoms with van der Waals surface area (Å²) < 4.78 is 16.6. The van der Waals surface area contributed by atoms with Gasteiger partial charge in [0.25, 0.3) is 5.91 Å². The number of anilines is 1. The lowest BCUT2D eigenvalue weighted by atomic mass is 9.99. The number of piperidine rings is 1. The molecule has 0 radical (unpaired) electrons. The number of likely N-dealkylation sites (tertiary alicyclic amines) is 1. The summed E-state index contributed by atoms with van der Waals surface area (Å²) in [5, 5.41) is 0. The van der Waals surface area contributed by atoms with Crippen LogP contribution in [-0.2, 0) is 6.54 Å². The summed E-state index contributed by atoms with van der Waals surface area (Å²) in [4.78, 5) is 18.0. The lowest BCUT2D eigenvalue weighted by Crippen LogP contribution is -2.47. The molecular weight excluding hydrogens is 440 g/mol. The second-order valence-electron chi connectivity index (χ2n) is 8.88. The van der Waals surface area contributed by atoms with Crippen LogP contribution in [0.4, 0.5) is 5.69 Å². The maximum absolute atomic E-state index is 13.6. The lowest BCUT2D eigenvalue weighted by molar-refractivity contribution is 0.0958. The van der Waals surface area contributed by atoms with E-state index in [0.717, 1.165) is 54.9 Å². The van der Waals surface area contributed by atoms with Crippen LogP contribution in [0.1, 0.15) is 34.3 Å². The zero-order valence-corrected chi connectivity index (χ0v) is 21.0. The van der Waals surface area contributed by atoms with E-state index in [4.69, 9.17) is 14.2 Å². The molecule has 3 aromatic rings.